The summed E-state index contributed by atoms with van der Waals surface area (Å²) in [4.78, 5) is 35.7. The molecule has 0 spiro atoms. The standard InChI is InChI=1S/C23H28F2N6O4/c1-14(24)18-13-35-23(34)31(18)20-11-19(25)27-21(28-20)26-15(2)17-5-3-16(4-6-17)12-29-7-9-30(10-8-29)22(32)33/h3-6,11,14-15,18H,7-10,12-13H2,1-2H3,(H,32,33)(H,26,27,28)/t14?,15?,18-/m1/s1. The maximum Gasteiger partial charge on any atom is 0.416 e. The van der Waals surface area contributed by atoms with Crippen LogP contribution in [-0.4, -0.2) is 82.1 Å². The SMILES string of the molecule is CC(Nc1nc(F)cc(N2C(=O)OC[C@@H]2C(C)F)n1)c1ccc(CN2CCN(C(=O)O)CC2)cc1. The Labute approximate surface area is 201 Å². The summed E-state index contributed by atoms with van der Waals surface area (Å²) in [5, 5.41) is 12.1. The first-order chi connectivity index (χ1) is 16.7. The molecule has 2 unspecified atom stereocenters. The summed E-state index contributed by atoms with van der Waals surface area (Å²) in [5.74, 6) is -0.951. The monoisotopic (exact) mass is 490 g/mol. The van der Waals surface area contributed by atoms with Crippen LogP contribution in [0.2, 0.25) is 0 Å². The van der Waals surface area contributed by atoms with Crippen LogP contribution in [0.25, 0.3) is 0 Å². The predicted molar refractivity (Wildman–Crippen MR) is 124 cm³/mol. The highest BCUT2D eigenvalue weighted by Crippen LogP contribution is 2.27. The third-order valence-electron chi connectivity index (χ3n) is 6.24. The van der Waals surface area contributed by atoms with E-state index >= 15 is 0 Å². The first-order valence-electron chi connectivity index (χ1n) is 11.4. The maximum absolute atomic E-state index is 14.2. The zero-order chi connectivity index (χ0) is 25.1. The third-order valence-corrected chi connectivity index (χ3v) is 6.24. The molecule has 1 aromatic heterocycles. The Hall–Kier alpha value is -3.54. The van der Waals surface area contributed by atoms with Gasteiger partial charge in [0.2, 0.25) is 11.9 Å². The molecule has 3 heterocycles. The fraction of sp³-hybridized carbons (Fsp3) is 0.478. The average Bonchev–Trinajstić information content (AvgIpc) is 3.21. The van der Waals surface area contributed by atoms with E-state index in [-0.39, 0.29) is 24.4 Å². The van der Waals surface area contributed by atoms with Crippen LogP contribution in [0.3, 0.4) is 0 Å². The number of ether oxygens (including phenoxy) is 1. The van der Waals surface area contributed by atoms with Gasteiger partial charge in [0.25, 0.3) is 0 Å². The number of carbonyl (C=O) groups excluding carboxylic acids is 1. The lowest BCUT2D eigenvalue weighted by molar-refractivity contribution is 0.103. The highest BCUT2D eigenvalue weighted by atomic mass is 19.1. The number of hydrogen-bond donors (Lipinski definition) is 2. The van der Waals surface area contributed by atoms with E-state index < -0.39 is 30.3 Å². The Balaban J connectivity index is 1.39. The molecule has 0 radical (unpaired) electrons. The van der Waals surface area contributed by atoms with Gasteiger partial charge in [0, 0.05) is 38.8 Å². The number of carbonyl (C=O) groups is 2. The van der Waals surface area contributed by atoms with Gasteiger partial charge in [0.05, 0.1) is 6.04 Å². The van der Waals surface area contributed by atoms with Gasteiger partial charge < -0.3 is 20.1 Å². The molecule has 2 aromatic rings. The summed E-state index contributed by atoms with van der Waals surface area (Å²) < 4.78 is 33.1. The highest BCUT2D eigenvalue weighted by Gasteiger charge is 2.39. The average molecular weight is 491 g/mol. The number of halogens is 2. The Bertz CT molecular complexity index is 1060. The number of nitrogens with one attached hydrogen (secondary N) is 1. The van der Waals surface area contributed by atoms with Gasteiger partial charge in [-0.2, -0.15) is 14.4 Å². The smallest absolute Gasteiger partial charge is 0.416 e. The van der Waals surface area contributed by atoms with Crippen LogP contribution in [0.4, 0.5) is 30.1 Å². The topological polar surface area (TPSA) is 111 Å². The van der Waals surface area contributed by atoms with E-state index in [0.29, 0.717) is 32.7 Å². The molecule has 3 atom stereocenters. The summed E-state index contributed by atoms with van der Waals surface area (Å²) in [7, 11) is 0. The van der Waals surface area contributed by atoms with Gasteiger partial charge in [-0.15, -0.1) is 0 Å². The Kier molecular flexibility index (Phi) is 7.29. The van der Waals surface area contributed by atoms with Gasteiger partial charge in [-0.3, -0.25) is 9.80 Å². The van der Waals surface area contributed by atoms with Crippen molar-refractivity contribution >= 4 is 24.0 Å². The van der Waals surface area contributed by atoms with E-state index in [0.717, 1.165) is 22.1 Å². The van der Waals surface area contributed by atoms with Gasteiger partial charge in [0.15, 0.2) is 0 Å². The summed E-state index contributed by atoms with van der Waals surface area (Å²) in [6, 6.07) is 7.67. The van der Waals surface area contributed by atoms with Gasteiger partial charge in [-0.25, -0.2) is 14.0 Å². The Morgan fingerprint density at radius 3 is 2.51 bits per heavy atom. The van der Waals surface area contributed by atoms with Crippen molar-refractivity contribution < 1.29 is 28.2 Å². The number of rotatable bonds is 7. The van der Waals surface area contributed by atoms with Crippen LogP contribution < -0.4 is 10.2 Å². The van der Waals surface area contributed by atoms with Crippen molar-refractivity contribution in [1.29, 1.82) is 0 Å². The maximum atomic E-state index is 14.2. The van der Waals surface area contributed by atoms with E-state index in [1.807, 2.05) is 31.2 Å². The first-order valence-corrected chi connectivity index (χ1v) is 11.4. The lowest BCUT2D eigenvalue weighted by Crippen LogP contribution is -2.47. The molecule has 2 amide bonds. The Morgan fingerprint density at radius 2 is 1.89 bits per heavy atom. The van der Waals surface area contributed by atoms with E-state index in [1.165, 1.54) is 11.8 Å². The second kappa shape index (κ2) is 10.4. The number of nitrogens with zero attached hydrogens (tertiary/aromatic N) is 5. The van der Waals surface area contributed by atoms with Gasteiger partial charge in [-0.1, -0.05) is 24.3 Å². The summed E-state index contributed by atoms with van der Waals surface area (Å²) >= 11 is 0. The quantitative estimate of drug-likeness (QED) is 0.569. The molecule has 10 nitrogen and oxygen atoms in total. The molecular weight excluding hydrogens is 462 g/mol. The third kappa shape index (κ3) is 5.76. The molecule has 0 saturated carbocycles. The lowest BCUT2D eigenvalue weighted by atomic mass is 10.1. The summed E-state index contributed by atoms with van der Waals surface area (Å²) in [6.45, 7) is 6.08. The van der Waals surface area contributed by atoms with Crippen LogP contribution in [0, 0.1) is 5.95 Å². The molecule has 35 heavy (non-hydrogen) atoms. The normalized spacial score (nSPS) is 20.5. The molecule has 4 rings (SSSR count). The lowest BCUT2D eigenvalue weighted by Gasteiger charge is -2.33. The fourth-order valence-corrected chi connectivity index (χ4v) is 4.18. The van der Waals surface area contributed by atoms with Gasteiger partial charge >= 0.3 is 12.2 Å². The number of aromatic nitrogens is 2. The molecule has 2 aliphatic rings. The highest BCUT2D eigenvalue weighted by molar-refractivity contribution is 5.89. The fourth-order valence-electron chi connectivity index (χ4n) is 4.18. The second-order valence-corrected chi connectivity index (χ2v) is 8.72. The molecule has 12 heteroatoms. The van der Waals surface area contributed by atoms with Crippen LogP contribution in [0.15, 0.2) is 30.3 Å². The van der Waals surface area contributed by atoms with Crippen molar-refractivity contribution in [3.05, 3.63) is 47.4 Å². The molecule has 2 N–H and O–H groups in total. The number of anilines is 2. The molecule has 1 aromatic carbocycles. The number of carboxylic acid groups (broad SMARTS) is 1. The van der Waals surface area contributed by atoms with Crippen LogP contribution in [0.5, 0.6) is 0 Å². The number of alkyl halides is 1. The predicted octanol–water partition coefficient (Wildman–Crippen LogP) is 3.27. The van der Waals surface area contributed by atoms with Crippen molar-refractivity contribution in [2.45, 2.75) is 38.6 Å². The molecule has 2 saturated heterocycles. The van der Waals surface area contributed by atoms with Crippen LogP contribution in [-0.2, 0) is 11.3 Å². The molecule has 0 aliphatic carbocycles. The summed E-state index contributed by atoms with van der Waals surface area (Å²) in [5.41, 5.74) is 2.00. The number of benzene rings is 1. The van der Waals surface area contributed by atoms with Crippen molar-refractivity contribution in [3.63, 3.8) is 0 Å². The number of piperazine rings is 1. The summed E-state index contributed by atoms with van der Waals surface area (Å²) in [6.07, 6.45) is -3.05. The van der Waals surface area contributed by atoms with Crippen molar-refractivity contribution in [2.24, 2.45) is 0 Å². The number of hydrogen-bond acceptors (Lipinski definition) is 7. The van der Waals surface area contributed by atoms with E-state index in [9.17, 15) is 18.4 Å². The number of cyclic esters (lactones) is 1. The molecule has 188 valence electrons. The van der Waals surface area contributed by atoms with Gasteiger partial charge in [0.1, 0.15) is 24.6 Å². The van der Waals surface area contributed by atoms with E-state index in [4.69, 9.17) is 9.84 Å². The zero-order valence-electron chi connectivity index (χ0n) is 19.5. The minimum absolute atomic E-state index is 0.0298. The molecule has 2 aliphatic heterocycles. The zero-order valence-corrected chi connectivity index (χ0v) is 19.5. The van der Waals surface area contributed by atoms with Gasteiger partial charge in [-0.05, 0) is 25.0 Å². The second-order valence-electron chi connectivity index (χ2n) is 8.72. The van der Waals surface area contributed by atoms with E-state index in [2.05, 4.69) is 20.2 Å². The largest absolute Gasteiger partial charge is 0.465 e. The minimum atomic E-state index is -1.38. The molecule has 2 fully saturated rings. The first kappa shape index (κ1) is 24.6. The van der Waals surface area contributed by atoms with Crippen LogP contribution in [0.1, 0.15) is 31.0 Å². The Morgan fingerprint density at radius 1 is 1.20 bits per heavy atom. The van der Waals surface area contributed by atoms with Crippen molar-refractivity contribution in [3.8, 4) is 0 Å². The van der Waals surface area contributed by atoms with E-state index in [1.54, 1.807) is 0 Å². The van der Waals surface area contributed by atoms with Crippen LogP contribution >= 0.6 is 0 Å². The molecular formula is C23H28F2N6O4. The van der Waals surface area contributed by atoms with Crippen molar-refractivity contribution in [2.75, 3.05) is 43.0 Å². The minimum Gasteiger partial charge on any atom is -0.465 e. The van der Waals surface area contributed by atoms with Crippen molar-refractivity contribution in [1.82, 2.24) is 19.8 Å². The molecule has 0 bridgehead atoms. The number of amides is 2.